The number of nitrogens with zero attached hydrogens (tertiary/aromatic N) is 1. The highest BCUT2D eigenvalue weighted by molar-refractivity contribution is 5.87. The van der Waals surface area contributed by atoms with E-state index in [9.17, 15) is 4.79 Å². The van der Waals surface area contributed by atoms with Gasteiger partial charge in [-0.15, -0.1) is 0 Å². The van der Waals surface area contributed by atoms with Crippen molar-refractivity contribution < 1.29 is 9.53 Å². The van der Waals surface area contributed by atoms with Gasteiger partial charge in [0.15, 0.2) is 0 Å². The number of likely N-dealkylation sites (N-methyl/N-ethyl adjacent to an activating group) is 1. The van der Waals surface area contributed by atoms with Gasteiger partial charge in [-0.05, 0) is 26.8 Å². The molecule has 3 nitrogen and oxygen atoms in total. The van der Waals surface area contributed by atoms with Gasteiger partial charge in [-0.25, -0.2) is 0 Å². The van der Waals surface area contributed by atoms with Crippen LogP contribution in [-0.2, 0) is 9.53 Å². The SMILES string of the molecule is CCN(CC)C(=O)C=CC1OC1C. The summed E-state index contributed by atoms with van der Waals surface area (Å²) in [7, 11) is 0. The van der Waals surface area contributed by atoms with Crippen LogP contribution in [0.15, 0.2) is 12.2 Å². The Bertz CT molecular complexity index is 209. The monoisotopic (exact) mass is 183 g/mol. The summed E-state index contributed by atoms with van der Waals surface area (Å²) in [6.45, 7) is 7.48. The Hall–Kier alpha value is -0.830. The maximum atomic E-state index is 11.4. The minimum absolute atomic E-state index is 0.0766. The molecule has 1 saturated heterocycles. The lowest BCUT2D eigenvalue weighted by molar-refractivity contribution is -0.125. The van der Waals surface area contributed by atoms with Gasteiger partial charge >= 0.3 is 0 Å². The Labute approximate surface area is 79.4 Å². The molecule has 1 aliphatic heterocycles. The molecule has 0 aromatic heterocycles. The van der Waals surface area contributed by atoms with Gasteiger partial charge in [-0.2, -0.15) is 0 Å². The molecule has 1 aliphatic rings. The zero-order chi connectivity index (χ0) is 9.84. The fraction of sp³-hybridized carbons (Fsp3) is 0.700. The maximum absolute atomic E-state index is 11.4. The third kappa shape index (κ3) is 2.84. The molecule has 0 aliphatic carbocycles. The minimum atomic E-state index is 0.0766. The largest absolute Gasteiger partial charge is 0.365 e. The molecule has 0 bridgehead atoms. The molecule has 0 radical (unpaired) electrons. The second-order valence-corrected chi connectivity index (χ2v) is 3.18. The van der Waals surface area contributed by atoms with Crippen LogP contribution in [-0.4, -0.2) is 36.1 Å². The van der Waals surface area contributed by atoms with Crippen molar-refractivity contribution in [1.82, 2.24) is 4.90 Å². The zero-order valence-corrected chi connectivity index (χ0v) is 8.49. The third-order valence-corrected chi connectivity index (χ3v) is 2.26. The number of hydrogen-bond acceptors (Lipinski definition) is 2. The van der Waals surface area contributed by atoms with Crippen molar-refractivity contribution in [3.05, 3.63) is 12.2 Å². The molecular formula is C10H17NO2. The van der Waals surface area contributed by atoms with E-state index in [1.54, 1.807) is 11.0 Å². The molecule has 1 heterocycles. The van der Waals surface area contributed by atoms with Crippen LogP contribution in [0, 0.1) is 0 Å². The molecular weight excluding hydrogens is 166 g/mol. The van der Waals surface area contributed by atoms with E-state index in [1.807, 2.05) is 26.8 Å². The van der Waals surface area contributed by atoms with Gasteiger partial charge in [0.25, 0.3) is 0 Å². The number of amides is 1. The van der Waals surface area contributed by atoms with Crippen LogP contribution >= 0.6 is 0 Å². The molecule has 1 rings (SSSR count). The smallest absolute Gasteiger partial charge is 0.246 e. The molecule has 0 saturated carbocycles. The van der Waals surface area contributed by atoms with Crippen LogP contribution in [0.4, 0.5) is 0 Å². The fourth-order valence-electron chi connectivity index (χ4n) is 1.22. The lowest BCUT2D eigenvalue weighted by Gasteiger charge is -2.15. The van der Waals surface area contributed by atoms with Crippen molar-refractivity contribution in [2.24, 2.45) is 0 Å². The zero-order valence-electron chi connectivity index (χ0n) is 8.49. The molecule has 0 aromatic carbocycles. The topological polar surface area (TPSA) is 32.8 Å². The summed E-state index contributed by atoms with van der Waals surface area (Å²) in [6, 6.07) is 0. The highest BCUT2D eigenvalue weighted by Gasteiger charge is 2.31. The van der Waals surface area contributed by atoms with Gasteiger partial charge in [0.2, 0.25) is 5.91 Å². The Morgan fingerprint density at radius 3 is 2.38 bits per heavy atom. The van der Waals surface area contributed by atoms with Crippen molar-refractivity contribution in [3.63, 3.8) is 0 Å². The van der Waals surface area contributed by atoms with Gasteiger partial charge < -0.3 is 9.64 Å². The Morgan fingerprint density at radius 1 is 1.46 bits per heavy atom. The Morgan fingerprint density at radius 2 is 2.00 bits per heavy atom. The molecule has 0 N–H and O–H groups in total. The average molecular weight is 183 g/mol. The van der Waals surface area contributed by atoms with Crippen LogP contribution < -0.4 is 0 Å². The summed E-state index contributed by atoms with van der Waals surface area (Å²) in [5, 5.41) is 0. The van der Waals surface area contributed by atoms with E-state index >= 15 is 0 Å². The average Bonchev–Trinajstić information content (AvgIpc) is 2.81. The number of carbonyl (C=O) groups is 1. The van der Waals surface area contributed by atoms with Crippen molar-refractivity contribution in [3.8, 4) is 0 Å². The van der Waals surface area contributed by atoms with Crippen molar-refractivity contribution in [2.45, 2.75) is 33.0 Å². The number of ether oxygens (including phenoxy) is 1. The van der Waals surface area contributed by atoms with Crippen LogP contribution in [0.2, 0.25) is 0 Å². The van der Waals surface area contributed by atoms with Gasteiger partial charge in [0, 0.05) is 19.2 Å². The molecule has 2 unspecified atom stereocenters. The van der Waals surface area contributed by atoms with Gasteiger partial charge in [-0.1, -0.05) is 0 Å². The van der Waals surface area contributed by atoms with E-state index < -0.39 is 0 Å². The number of hydrogen-bond donors (Lipinski definition) is 0. The molecule has 2 atom stereocenters. The summed E-state index contributed by atoms with van der Waals surface area (Å²) < 4.78 is 5.16. The van der Waals surface area contributed by atoms with E-state index in [-0.39, 0.29) is 12.0 Å². The fourth-order valence-corrected chi connectivity index (χ4v) is 1.22. The Kier molecular flexibility index (Phi) is 3.48. The van der Waals surface area contributed by atoms with Crippen LogP contribution in [0.1, 0.15) is 20.8 Å². The van der Waals surface area contributed by atoms with Gasteiger partial charge in [0.05, 0.1) is 6.10 Å². The Balaban J connectivity index is 2.34. The summed E-state index contributed by atoms with van der Waals surface area (Å²) in [4.78, 5) is 13.2. The van der Waals surface area contributed by atoms with E-state index in [1.165, 1.54) is 0 Å². The van der Waals surface area contributed by atoms with Gasteiger partial charge in [-0.3, -0.25) is 4.79 Å². The van der Waals surface area contributed by atoms with Crippen molar-refractivity contribution in [2.75, 3.05) is 13.1 Å². The number of epoxide rings is 1. The van der Waals surface area contributed by atoms with E-state index in [2.05, 4.69) is 0 Å². The quantitative estimate of drug-likeness (QED) is 0.484. The third-order valence-electron chi connectivity index (χ3n) is 2.26. The molecule has 0 spiro atoms. The van der Waals surface area contributed by atoms with Crippen LogP contribution in [0.3, 0.4) is 0 Å². The first kappa shape index (κ1) is 10.3. The summed E-state index contributed by atoms with van der Waals surface area (Å²) in [5.41, 5.74) is 0. The first-order valence-corrected chi connectivity index (χ1v) is 4.81. The minimum Gasteiger partial charge on any atom is -0.365 e. The standard InChI is InChI=1S/C10H17NO2/c1-4-11(5-2)10(12)7-6-9-8(3)13-9/h6-9H,4-5H2,1-3H3. The number of rotatable bonds is 4. The summed E-state index contributed by atoms with van der Waals surface area (Å²) in [6.07, 6.45) is 3.91. The molecule has 74 valence electrons. The molecule has 3 heteroatoms. The molecule has 13 heavy (non-hydrogen) atoms. The second kappa shape index (κ2) is 4.42. The van der Waals surface area contributed by atoms with E-state index in [0.29, 0.717) is 6.10 Å². The van der Waals surface area contributed by atoms with Crippen molar-refractivity contribution in [1.29, 1.82) is 0 Å². The van der Waals surface area contributed by atoms with Crippen LogP contribution in [0.5, 0.6) is 0 Å². The molecule has 1 amide bonds. The highest BCUT2D eigenvalue weighted by Crippen LogP contribution is 2.21. The lowest BCUT2D eigenvalue weighted by Crippen LogP contribution is -2.28. The maximum Gasteiger partial charge on any atom is 0.246 e. The molecule has 0 aromatic rings. The van der Waals surface area contributed by atoms with Crippen molar-refractivity contribution >= 4 is 5.91 Å². The predicted molar refractivity (Wildman–Crippen MR) is 51.4 cm³/mol. The van der Waals surface area contributed by atoms with Crippen LogP contribution in [0.25, 0.3) is 0 Å². The predicted octanol–water partition coefficient (Wildman–Crippen LogP) is 1.20. The molecule has 1 fully saturated rings. The summed E-state index contributed by atoms with van der Waals surface area (Å²) >= 11 is 0. The second-order valence-electron chi connectivity index (χ2n) is 3.18. The summed E-state index contributed by atoms with van der Waals surface area (Å²) in [5.74, 6) is 0.0766. The van der Waals surface area contributed by atoms with E-state index in [0.717, 1.165) is 13.1 Å². The number of carbonyl (C=O) groups excluding carboxylic acids is 1. The first-order chi connectivity index (χ1) is 6.19. The van der Waals surface area contributed by atoms with Gasteiger partial charge in [0.1, 0.15) is 6.10 Å². The van der Waals surface area contributed by atoms with E-state index in [4.69, 9.17) is 4.74 Å². The lowest BCUT2D eigenvalue weighted by atomic mass is 10.3. The normalized spacial score (nSPS) is 26.4. The highest BCUT2D eigenvalue weighted by atomic mass is 16.6. The first-order valence-electron chi connectivity index (χ1n) is 4.81.